The predicted molar refractivity (Wildman–Crippen MR) is 98.3 cm³/mol. The number of ether oxygens (including phenoxy) is 1. The number of benzene rings is 2. The third-order valence-corrected chi connectivity index (χ3v) is 4.38. The molecule has 0 fully saturated rings. The van der Waals surface area contributed by atoms with Crippen LogP contribution in [0.25, 0.3) is 22.8 Å². The van der Waals surface area contributed by atoms with E-state index in [1.807, 2.05) is 37.3 Å². The van der Waals surface area contributed by atoms with Crippen LogP contribution in [-0.4, -0.2) is 29.2 Å². The highest BCUT2D eigenvalue weighted by Crippen LogP contribution is 2.36. The molecule has 1 amide bonds. The summed E-state index contributed by atoms with van der Waals surface area (Å²) in [5.41, 5.74) is 2.28. The average Bonchev–Trinajstić information content (AvgIpc) is 3.14. The van der Waals surface area contributed by atoms with Gasteiger partial charge in [-0.2, -0.15) is 4.98 Å². The average molecular weight is 370 g/mol. The number of carbonyl (C=O) groups is 1. The number of carbonyl (C=O) groups excluding carboxylic acids is 1. The minimum atomic E-state index is -0.0496. The maximum absolute atomic E-state index is 12.2. The smallest absolute Gasteiger partial charge is 0.265 e. The van der Waals surface area contributed by atoms with Crippen LogP contribution in [-0.2, 0) is 4.79 Å². The van der Waals surface area contributed by atoms with Crippen molar-refractivity contribution in [3.05, 3.63) is 47.5 Å². The van der Waals surface area contributed by atoms with Crippen molar-refractivity contribution in [1.29, 1.82) is 0 Å². The molecule has 1 aliphatic heterocycles. The maximum Gasteiger partial charge on any atom is 0.265 e. The number of rotatable bonds is 4. The molecule has 0 atom stereocenters. The zero-order valence-electron chi connectivity index (χ0n) is 14.1. The van der Waals surface area contributed by atoms with Crippen molar-refractivity contribution in [2.24, 2.45) is 0 Å². The summed E-state index contributed by atoms with van der Waals surface area (Å²) < 4.78 is 10.9. The van der Waals surface area contributed by atoms with E-state index in [1.165, 1.54) is 0 Å². The molecule has 0 bridgehead atoms. The lowest BCUT2D eigenvalue weighted by Crippen LogP contribution is -2.39. The predicted octanol–water partition coefficient (Wildman–Crippen LogP) is 4.19. The fraction of sp³-hybridized carbons (Fsp3) is 0.211. The summed E-state index contributed by atoms with van der Waals surface area (Å²) in [4.78, 5) is 18.3. The molecule has 0 aliphatic carbocycles. The second-order valence-electron chi connectivity index (χ2n) is 5.95. The molecular formula is C19H16ClN3O3. The summed E-state index contributed by atoms with van der Waals surface area (Å²) in [5.74, 6) is 1.49. The summed E-state index contributed by atoms with van der Waals surface area (Å²) in [7, 11) is 0. The number of fused-ring (bicyclic) bond motifs is 1. The van der Waals surface area contributed by atoms with Gasteiger partial charge in [-0.15, -0.1) is 0 Å². The van der Waals surface area contributed by atoms with E-state index in [4.69, 9.17) is 20.9 Å². The van der Waals surface area contributed by atoms with Crippen LogP contribution in [0.4, 0.5) is 5.69 Å². The Morgan fingerprint density at radius 3 is 2.69 bits per heavy atom. The lowest BCUT2D eigenvalue weighted by Gasteiger charge is -2.29. The van der Waals surface area contributed by atoms with E-state index in [0.717, 1.165) is 23.2 Å². The Morgan fingerprint density at radius 1 is 1.15 bits per heavy atom. The van der Waals surface area contributed by atoms with Gasteiger partial charge in [-0.1, -0.05) is 23.7 Å². The van der Waals surface area contributed by atoms with Crippen LogP contribution in [0, 0.1) is 0 Å². The molecule has 6 nitrogen and oxygen atoms in total. The number of halogens is 1. The van der Waals surface area contributed by atoms with Crippen molar-refractivity contribution >= 4 is 23.2 Å². The van der Waals surface area contributed by atoms with E-state index in [0.29, 0.717) is 29.0 Å². The molecule has 3 aromatic rings. The van der Waals surface area contributed by atoms with Crippen LogP contribution in [0.3, 0.4) is 0 Å². The van der Waals surface area contributed by atoms with Crippen molar-refractivity contribution in [2.75, 3.05) is 18.1 Å². The summed E-state index contributed by atoms with van der Waals surface area (Å²) >= 11 is 5.91. The van der Waals surface area contributed by atoms with Crippen LogP contribution in [0.15, 0.2) is 47.0 Å². The standard InChI is InChI=1S/C19H16ClN3O3/c1-2-9-23-15-10-13(5-8-16(15)25-11-17(23)24)18-21-19(26-22-18)12-3-6-14(20)7-4-12/h3-8,10H,2,9,11H2,1H3. The van der Waals surface area contributed by atoms with E-state index >= 15 is 0 Å². The van der Waals surface area contributed by atoms with E-state index in [2.05, 4.69) is 10.1 Å². The molecule has 7 heteroatoms. The molecule has 0 saturated heterocycles. The molecular weight excluding hydrogens is 354 g/mol. The summed E-state index contributed by atoms with van der Waals surface area (Å²) in [6, 6.07) is 12.7. The van der Waals surface area contributed by atoms with Crippen molar-refractivity contribution in [3.63, 3.8) is 0 Å². The number of hydrogen-bond acceptors (Lipinski definition) is 5. The molecule has 0 radical (unpaired) electrons. The third-order valence-electron chi connectivity index (χ3n) is 4.12. The van der Waals surface area contributed by atoms with Crippen molar-refractivity contribution < 1.29 is 14.1 Å². The summed E-state index contributed by atoms with van der Waals surface area (Å²) in [5, 5.41) is 4.70. The number of hydrogen-bond donors (Lipinski definition) is 0. The monoisotopic (exact) mass is 369 g/mol. The fourth-order valence-corrected chi connectivity index (χ4v) is 2.99. The molecule has 0 N–H and O–H groups in total. The number of aromatic nitrogens is 2. The van der Waals surface area contributed by atoms with Gasteiger partial charge in [0.1, 0.15) is 5.75 Å². The number of nitrogens with zero attached hydrogens (tertiary/aromatic N) is 3. The zero-order valence-corrected chi connectivity index (χ0v) is 14.9. The molecule has 0 saturated carbocycles. The first-order valence-electron chi connectivity index (χ1n) is 8.33. The van der Waals surface area contributed by atoms with Gasteiger partial charge in [-0.3, -0.25) is 4.79 Å². The van der Waals surface area contributed by atoms with Gasteiger partial charge in [-0.25, -0.2) is 0 Å². The Kier molecular flexibility index (Phi) is 4.34. The minimum Gasteiger partial charge on any atom is -0.482 e. The Morgan fingerprint density at radius 2 is 1.92 bits per heavy atom. The normalized spacial score (nSPS) is 13.5. The molecule has 2 heterocycles. The molecule has 1 aliphatic rings. The molecule has 2 aromatic carbocycles. The molecule has 26 heavy (non-hydrogen) atoms. The van der Waals surface area contributed by atoms with Gasteiger partial charge in [0, 0.05) is 22.7 Å². The Balaban J connectivity index is 1.69. The van der Waals surface area contributed by atoms with Gasteiger partial charge >= 0.3 is 0 Å². The summed E-state index contributed by atoms with van der Waals surface area (Å²) in [6.45, 7) is 2.74. The van der Waals surface area contributed by atoms with Crippen molar-refractivity contribution in [2.45, 2.75) is 13.3 Å². The maximum atomic E-state index is 12.2. The molecule has 132 valence electrons. The van der Waals surface area contributed by atoms with Gasteiger partial charge in [-0.05, 0) is 48.9 Å². The number of anilines is 1. The van der Waals surface area contributed by atoms with Crippen molar-refractivity contribution in [3.8, 4) is 28.6 Å². The minimum absolute atomic E-state index is 0.0496. The Labute approximate surface area is 155 Å². The van der Waals surface area contributed by atoms with Crippen LogP contribution >= 0.6 is 11.6 Å². The highest BCUT2D eigenvalue weighted by atomic mass is 35.5. The second-order valence-corrected chi connectivity index (χ2v) is 6.38. The Hall–Kier alpha value is -2.86. The van der Waals surface area contributed by atoms with E-state index in [1.54, 1.807) is 17.0 Å². The van der Waals surface area contributed by atoms with Gasteiger partial charge in [0.2, 0.25) is 5.82 Å². The first-order chi connectivity index (χ1) is 12.7. The lowest BCUT2D eigenvalue weighted by atomic mass is 10.1. The first-order valence-corrected chi connectivity index (χ1v) is 8.70. The largest absolute Gasteiger partial charge is 0.482 e. The fourth-order valence-electron chi connectivity index (χ4n) is 2.86. The molecule has 0 unspecified atom stereocenters. The van der Waals surface area contributed by atoms with Crippen molar-refractivity contribution in [1.82, 2.24) is 10.1 Å². The van der Waals surface area contributed by atoms with E-state index < -0.39 is 0 Å². The van der Waals surface area contributed by atoms with Gasteiger partial charge in [0.25, 0.3) is 11.8 Å². The van der Waals surface area contributed by atoms with Crippen LogP contribution in [0.5, 0.6) is 5.75 Å². The van der Waals surface area contributed by atoms with Gasteiger partial charge in [0.05, 0.1) is 5.69 Å². The second kappa shape index (κ2) is 6.80. The first kappa shape index (κ1) is 16.6. The topological polar surface area (TPSA) is 68.5 Å². The lowest BCUT2D eigenvalue weighted by molar-refractivity contribution is -0.121. The highest BCUT2D eigenvalue weighted by Gasteiger charge is 2.25. The zero-order chi connectivity index (χ0) is 18.1. The van der Waals surface area contributed by atoms with Gasteiger partial charge < -0.3 is 14.2 Å². The quantitative estimate of drug-likeness (QED) is 0.689. The van der Waals surface area contributed by atoms with Crippen LogP contribution in [0.1, 0.15) is 13.3 Å². The van der Waals surface area contributed by atoms with E-state index in [9.17, 15) is 4.79 Å². The molecule has 1 aromatic heterocycles. The SMILES string of the molecule is CCCN1C(=O)COc2ccc(-c3noc(-c4ccc(Cl)cc4)n3)cc21. The van der Waals surface area contributed by atoms with Gasteiger partial charge in [0.15, 0.2) is 6.61 Å². The highest BCUT2D eigenvalue weighted by molar-refractivity contribution is 6.30. The Bertz CT molecular complexity index is 953. The molecule has 4 rings (SSSR count). The summed E-state index contributed by atoms with van der Waals surface area (Å²) in [6.07, 6.45) is 0.859. The number of amides is 1. The van der Waals surface area contributed by atoms with Crippen LogP contribution < -0.4 is 9.64 Å². The molecule has 0 spiro atoms. The third kappa shape index (κ3) is 3.04. The van der Waals surface area contributed by atoms with Crippen LogP contribution in [0.2, 0.25) is 5.02 Å². The van der Waals surface area contributed by atoms with E-state index in [-0.39, 0.29) is 12.5 Å².